The van der Waals surface area contributed by atoms with E-state index < -0.39 is 0 Å². The zero-order valence-electron chi connectivity index (χ0n) is 12.5. The molecule has 0 spiro atoms. The van der Waals surface area contributed by atoms with Crippen LogP contribution in [0.1, 0.15) is 29.7 Å². The molecule has 0 aliphatic rings. The summed E-state index contributed by atoms with van der Waals surface area (Å²) >= 11 is 0. The van der Waals surface area contributed by atoms with Crippen molar-refractivity contribution < 1.29 is 13.9 Å². The molecule has 112 valence electrons. The number of rotatable bonds is 5. The summed E-state index contributed by atoms with van der Waals surface area (Å²) in [6.07, 6.45) is 0. The summed E-state index contributed by atoms with van der Waals surface area (Å²) in [5.74, 6) is 1.09. The molecule has 2 rings (SSSR count). The molecule has 1 atom stereocenters. The van der Waals surface area contributed by atoms with Crippen molar-refractivity contribution >= 4 is 0 Å². The van der Waals surface area contributed by atoms with Crippen molar-refractivity contribution in [3.8, 4) is 11.5 Å². The van der Waals surface area contributed by atoms with Gasteiger partial charge in [0.25, 0.3) is 0 Å². The molecule has 0 aliphatic carbocycles. The van der Waals surface area contributed by atoms with E-state index in [9.17, 15) is 4.39 Å². The highest BCUT2D eigenvalue weighted by molar-refractivity contribution is 5.42. The zero-order valence-corrected chi connectivity index (χ0v) is 12.5. The standard InChI is InChI=1S/C17H20FNO2/c1-11-4-5-14(18)8-13(11)10-21-17-9-15(20-3)6-7-16(17)12(2)19/h4-9,12H,10,19H2,1-3H3. The van der Waals surface area contributed by atoms with E-state index in [1.54, 1.807) is 19.2 Å². The normalized spacial score (nSPS) is 12.0. The average Bonchev–Trinajstić information content (AvgIpc) is 2.47. The number of hydrogen-bond donors (Lipinski definition) is 1. The Labute approximate surface area is 124 Å². The third kappa shape index (κ3) is 3.73. The van der Waals surface area contributed by atoms with Crippen LogP contribution < -0.4 is 15.2 Å². The Bertz CT molecular complexity index is 626. The lowest BCUT2D eigenvalue weighted by molar-refractivity contribution is 0.297. The highest BCUT2D eigenvalue weighted by atomic mass is 19.1. The molecule has 3 nitrogen and oxygen atoms in total. The molecular weight excluding hydrogens is 269 g/mol. The fourth-order valence-corrected chi connectivity index (χ4v) is 2.09. The van der Waals surface area contributed by atoms with Gasteiger partial charge < -0.3 is 15.2 Å². The van der Waals surface area contributed by atoms with Crippen LogP contribution in [-0.2, 0) is 6.61 Å². The van der Waals surface area contributed by atoms with Gasteiger partial charge in [-0.2, -0.15) is 0 Å². The smallest absolute Gasteiger partial charge is 0.128 e. The zero-order chi connectivity index (χ0) is 15.4. The molecule has 0 aromatic heterocycles. The Balaban J connectivity index is 2.24. The number of aryl methyl sites for hydroxylation is 1. The lowest BCUT2D eigenvalue weighted by Crippen LogP contribution is -2.08. The fourth-order valence-electron chi connectivity index (χ4n) is 2.09. The summed E-state index contributed by atoms with van der Waals surface area (Å²) < 4.78 is 24.3. The molecule has 0 radical (unpaired) electrons. The van der Waals surface area contributed by atoms with Crippen molar-refractivity contribution in [3.63, 3.8) is 0 Å². The minimum absolute atomic E-state index is 0.153. The molecule has 0 heterocycles. The third-order valence-corrected chi connectivity index (χ3v) is 3.41. The van der Waals surface area contributed by atoms with Gasteiger partial charge in [-0.3, -0.25) is 0 Å². The molecule has 0 fully saturated rings. The van der Waals surface area contributed by atoms with E-state index in [2.05, 4.69) is 0 Å². The fraction of sp³-hybridized carbons (Fsp3) is 0.294. The van der Waals surface area contributed by atoms with Gasteiger partial charge in [-0.25, -0.2) is 4.39 Å². The van der Waals surface area contributed by atoms with E-state index in [-0.39, 0.29) is 18.5 Å². The van der Waals surface area contributed by atoms with Gasteiger partial charge in [-0.05, 0) is 43.2 Å². The number of benzene rings is 2. The summed E-state index contributed by atoms with van der Waals surface area (Å²) in [6.45, 7) is 4.11. The van der Waals surface area contributed by atoms with E-state index >= 15 is 0 Å². The van der Waals surface area contributed by atoms with Gasteiger partial charge in [0.1, 0.15) is 23.9 Å². The molecule has 4 heteroatoms. The number of methoxy groups -OCH3 is 1. The van der Waals surface area contributed by atoms with Crippen LogP contribution in [0, 0.1) is 12.7 Å². The van der Waals surface area contributed by atoms with Gasteiger partial charge in [0.05, 0.1) is 7.11 Å². The third-order valence-electron chi connectivity index (χ3n) is 3.41. The first-order chi connectivity index (χ1) is 10.0. The lowest BCUT2D eigenvalue weighted by Gasteiger charge is -2.16. The van der Waals surface area contributed by atoms with Gasteiger partial charge in [0.2, 0.25) is 0 Å². The van der Waals surface area contributed by atoms with Crippen molar-refractivity contribution in [2.75, 3.05) is 7.11 Å². The maximum Gasteiger partial charge on any atom is 0.128 e. The summed E-state index contributed by atoms with van der Waals surface area (Å²) in [6, 6.07) is 10.0. The second-order valence-electron chi connectivity index (χ2n) is 5.05. The molecule has 1 unspecified atom stereocenters. The van der Waals surface area contributed by atoms with Crippen molar-refractivity contribution in [3.05, 3.63) is 58.9 Å². The number of halogens is 1. The number of ether oxygens (including phenoxy) is 2. The molecule has 2 aromatic carbocycles. The van der Waals surface area contributed by atoms with Crippen molar-refractivity contribution in [2.24, 2.45) is 5.73 Å². The van der Waals surface area contributed by atoms with Crippen LogP contribution in [0.25, 0.3) is 0 Å². The maximum absolute atomic E-state index is 13.3. The summed E-state index contributed by atoms with van der Waals surface area (Å²) in [4.78, 5) is 0. The molecule has 2 N–H and O–H groups in total. The van der Waals surface area contributed by atoms with E-state index in [1.165, 1.54) is 12.1 Å². The minimum atomic E-state index is -0.266. The topological polar surface area (TPSA) is 44.5 Å². The first-order valence-electron chi connectivity index (χ1n) is 6.82. The van der Waals surface area contributed by atoms with Gasteiger partial charge in [0, 0.05) is 17.7 Å². The van der Waals surface area contributed by atoms with E-state index in [0.717, 1.165) is 16.7 Å². The van der Waals surface area contributed by atoms with Crippen LogP contribution in [0.3, 0.4) is 0 Å². The van der Waals surface area contributed by atoms with Gasteiger partial charge in [0.15, 0.2) is 0 Å². The average molecular weight is 289 g/mol. The lowest BCUT2D eigenvalue weighted by atomic mass is 10.1. The predicted molar refractivity (Wildman–Crippen MR) is 81.1 cm³/mol. The van der Waals surface area contributed by atoms with E-state index in [4.69, 9.17) is 15.2 Å². The monoisotopic (exact) mass is 289 g/mol. The van der Waals surface area contributed by atoms with Crippen molar-refractivity contribution in [1.82, 2.24) is 0 Å². The van der Waals surface area contributed by atoms with Crippen LogP contribution in [0.4, 0.5) is 4.39 Å². The van der Waals surface area contributed by atoms with Crippen LogP contribution >= 0.6 is 0 Å². The van der Waals surface area contributed by atoms with Crippen LogP contribution in [0.5, 0.6) is 11.5 Å². The molecular formula is C17H20FNO2. The quantitative estimate of drug-likeness (QED) is 0.912. The minimum Gasteiger partial charge on any atom is -0.497 e. The van der Waals surface area contributed by atoms with Gasteiger partial charge in [-0.1, -0.05) is 12.1 Å². The molecule has 21 heavy (non-hydrogen) atoms. The summed E-state index contributed by atoms with van der Waals surface area (Å²) in [5.41, 5.74) is 8.64. The maximum atomic E-state index is 13.3. The second kappa shape index (κ2) is 6.59. The summed E-state index contributed by atoms with van der Waals surface area (Å²) in [5, 5.41) is 0. The first-order valence-corrected chi connectivity index (χ1v) is 6.82. The molecule has 0 saturated carbocycles. The Morgan fingerprint density at radius 1 is 1.19 bits per heavy atom. The predicted octanol–water partition coefficient (Wildman–Crippen LogP) is 3.74. The first kappa shape index (κ1) is 15.3. The van der Waals surface area contributed by atoms with Crippen molar-refractivity contribution in [1.29, 1.82) is 0 Å². The highest BCUT2D eigenvalue weighted by Gasteiger charge is 2.11. The number of hydrogen-bond acceptors (Lipinski definition) is 3. The van der Waals surface area contributed by atoms with E-state index in [0.29, 0.717) is 11.5 Å². The molecule has 0 aliphatic heterocycles. The Morgan fingerprint density at radius 3 is 2.62 bits per heavy atom. The second-order valence-corrected chi connectivity index (χ2v) is 5.05. The largest absolute Gasteiger partial charge is 0.497 e. The Hall–Kier alpha value is -2.07. The van der Waals surface area contributed by atoms with Gasteiger partial charge >= 0.3 is 0 Å². The van der Waals surface area contributed by atoms with Crippen LogP contribution in [-0.4, -0.2) is 7.11 Å². The number of nitrogens with two attached hydrogens (primary N) is 1. The molecule has 2 aromatic rings. The SMILES string of the molecule is COc1ccc(C(C)N)c(OCc2cc(F)ccc2C)c1. The van der Waals surface area contributed by atoms with Crippen molar-refractivity contribution in [2.45, 2.75) is 26.5 Å². The molecule has 0 saturated heterocycles. The highest BCUT2D eigenvalue weighted by Crippen LogP contribution is 2.29. The molecule has 0 amide bonds. The van der Waals surface area contributed by atoms with Crippen LogP contribution in [0.15, 0.2) is 36.4 Å². The van der Waals surface area contributed by atoms with Gasteiger partial charge in [-0.15, -0.1) is 0 Å². The molecule has 0 bridgehead atoms. The van der Waals surface area contributed by atoms with E-state index in [1.807, 2.05) is 26.0 Å². The summed E-state index contributed by atoms with van der Waals surface area (Å²) in [7, 11) is 1.60. The Morgan fingerprint density at radius 2 is 1.95 bits per heavy atom. The Kier molecular flexibility index (Phi) is 4.81. The van der Waals surface area contributed by atoms with Crippen LogP contribution in [0.2, 0.25) is 0 Å².